The van der Waals surface area contributed by atoms with E-state index in [4.69, 9.17) is 19.4 Å². The van der Waals surface area contributed by atoms with Crippen molar-refractivity contribution in [3.63, 3.8) is 0 Å². The first-order valence-electron chi connectivity index (χ1n) is 19.9. The molecule has 12 rings (SSSR count). The SMILES string of the molecule is c1ccc(-c2ccc(-c3cc(-c4cccc5c4nc(-c4ccc6c7ccccc7c7ccccc7c6c4)c4c6ccccc6oc54)nc(-c4ccccc4)n3)cc2)cc1. The van der Waals surface area contributed by atoms with E-state index in [1.54, 1.807) is 0 Å². The van der Waals surface area contributed by atoms with E-state index in [0.29, 0.717) is 5.82 Å². The zero-order valence-electron chi connectivity index (χ0n) is 31.8. The van der Waals surface area contributed by atoms with E-state index in [0.717, 1.165) is 77.7 Å². The first-order valence-corrected chi connectivity index (χ1v) is 19.9. The summed E-state index contributed by atoms with van der Waals surface area (Å²) in [6, 6.07) is 70.1. The molecule has 12 aromatic rings. The average Bonchev–Trinajstić information content (AvgIpc) is 3.72. The minimum absolute atomic E-state index is 0.654. The second-order valence-electron chi connectivity index (χ2n) is 15.1. The molecule has 0 spiro atoms. The Balaban J connectivity index is 1.12. The predicted octanol–water partition coefficient (Wildman–Crippen LogP) is 14.7. The summed E-state index contributed by atoms with van der Waals surface area (Å²) < 4.78 is 6.80. The highest BCUT2D eigenvalue weighted by Crippen LogP contribution is 2.44. The van der Waals surface area contributed by atoms with Crippen LogP contribution in [0.5, 0.6) is 0 Å². The molecule has 9 aromatic carbocycles. The largest absolute Gasteiger partial charge is 0.455 e. The fourth-order valence-electron chi connectivity index (χ4n) is 8.87. The summed E-state index contributed by atoms with van der Waals surface area (Å²) >= 11 is 0. The van der Waals surface area contributed by atoms with Crippen LogP contribution in [0.4, 0.5) is 0 Å². The molecule has 3 heterocycles. The molecule has 0 aliphatic carbocycles. The van der Waals surface area contributed by atoms with Crippen molar-refractivity contribution in [3.8, 4) is 56.3 Å². The Morgan fingerprint density at radius 1 is 0.322 bits per heavy atom. The lowest BCUT2D eigenvalue weighted by Crippen LogP contribution is -1.97. The standard InChI is InChI=1S/C55H33N3O/c1-3-14-34(15-4-1)35-26-28-36(29-27-35)48-33-49(57-55(56-48)37-16-5-2-6-17-37)44-23-13-24-46-53(44)58-52(51-45-22-11-12-25-50(45)59-54(46)51)38-30-31-43-41-20-8-7-18-39(41)40-19-9-10-21-42(40)47(43)32-38/h1-33H. The van der Waals surface area contributed by atoms with Gasteiger partial charge in [-0.3, -0.25) is 0 Å². The van der Waals surface area contributed by atoms with Gasteiger partial charge in [0.15, 0.2) is 5.82 Å². The van der Waals surface area contributed by atoms with Gasteiger partial charge in [-0.1, -0.05) is 176 Å². The quantitative estimate of drug-likeness (QED) is 0.164. The van der Waals surface area contributed by atoms with Crippen LogP contribution in [0, 0.1) is 0 Å². The van der Waals surface area contributed by atoms with Crippen LogP contribution in [0.25, 0.3) is 121 Å². The third kappa shape index (κ3) is 5.42. The van der Waals surface area contributed by atoms with Gasteiger partial charge in [0.1, 0.15) is 11.2 Å². The van der Waals surface area contributed by atoms with Crippen LogP contribution in [0.15, 0.2) is 205 Å². The fourth-order valence-corrected chi connectivity index (χ4v) is 8.87. The van der Waals surface area contributed by atoms with Gasteiger partial charge in [0.25, 0.3) is 0 Å². The summed E-state index contributed by atoms with van der Waals surface area (Å²) in [4.78, 5) is 16.1. The van der Waals surface area contributed by atoms with Gasteiger partial charge in [0, 0.05) is 33.0 Å². The van der Waals surface area contributed by atoms with E-state index >= 15 is 0 Å². The van der Waals surface area contributed by atoms with Gasteiger partial charge in [-0.2, -0.15) is 0 Å². The van der Waals surface area contributed by atoms with E-state index in [-0.39, 0.29) is 0 Å². The zero-order valence-corrected chi connectivity index (χ0v) is 31.8. The van der Waals surface area contributed by atoms with Crippen LogP contribution in [0.1, 0.15) is 0 Å². The maximum absolute atomic E-state index is 6.80. The molecule has 4 nitrogen and oxygen atoms in total. The third-order valence-corrected chi connectivity index (χ3v) is 11.7. The molecule has 0 N–H and O–H groups in total. The summed E-state index contributed by atoms with van der Waals surface area (Å²) in [5, 5.41) is 10.3. The van der Waals surface area contributed by atoms with E-state index in [2.05, 4.69) is 164 Å². The maximum atomic E-state index is 6.80. The van der Waals surface area contributed by atoms with Crippen LogP contribution in [0.2, 0.25) is 0 Å². The first-order chi connectivity index (χ1) is 29.2. The van der Waals surface area contributed by atoms with Gasteiger partial charge < -0.3 is 4.42 Å². The summed E-state index contributed by atoms with van der Waals surface area (Å²) in [6.07, 6.45) is 0. The molecule has 0 aliphatic heterocycles. The summed E-state index contributed by atoms with van der Waals surface area (Å²) in [6.45, 7) is 0. The topological polar surface area (TPSA) is 51.8 Å². The van der Waals surface area contributed by atoms with Gasteiger partial charge in [-0.15, -0.1) is 0 Å². The van der Waals surface area contributed by atoms with Gasteiger partial charge in [0.2, 0.25) is 0 Å². The van der Waals surface area contributed by atoms with Crippen LogP contribution < -0.4 is 0 Å². The van der Waals surface area contributed by atoms with Crippen molar-refractivity contribution in [2.24, 2.45) is 0 Å². The third-order valence-electron chi connectivity index (χ3n) is 11.7. The van der Waals surface area contributed by atoms with Crippen molar-refractivity contribution in [1.82, 2.24) is 15.0 Å². The average molecular weight is 752 g/mol. The number of furan rings is 1. The molecule has 0 aliphatic rings. The lowest BCUT2D eigenvalue weighted by molar-refractivity contribution is 0.672. The number of fused-ring (bicyclic) bond motifs is 11. The van der Waals surface area contributed by atoms with Crippen LogP contribution in [-0.2, 0) is 0 Å². The van der Waals surface area contributed by atoms with Crippen molar-refractivity contribution in [3.05, 3.63) is 200 Å². The first kappa shape index (κ1) is 33.2. The Labute approximate surface area is 339 Å². The maximum Gasteiger partial charge on any atom is 0.160 e. The van der Waals surface area contributed by atoms with Crippen molar-refractivity contribution < 1.29 is 4.42 Å². The molecule has 274 valence electrons. The molecule has 3 aromatic heterocycles. The lowest BCUT2D eigenvalue weighted by atomic mass is 9.92. The van der Waals surface area contributed by atoms with Crippen molar-refractivity contribution in [2.45, 2.75) is 0 Å². The van der Waals surface area contributed by atoms with E-state index in [1.165, 1.54) is 37.9 Å². The predicted molar refractivity (Wildman–Crippen MR) is 244 cm³/mol. The van der Waals surface area contributed by atoms with Gasteiger partial charge >= 0.3 is 0 Å². The molecule has 0 saturated heterocycles. The summed E-state index contributed by atoms with van der Waals surface area (Å²) in [5.74, 6) is 0.654. The number of benzene rings is 9. The Morgan fingerprint density at radius 3 is 1.56 bits per heavy atom. The van der Waals surface area contributed by atoms with E-state index in [9.17, 15) is 0 Å². The molecule has 0 saturated carbocycles. The number of pyridine rings is 1. The minimum Gasteiger partial charge on any atom is -0.455 e. The normalized spacial score (nSPS) is 11.7. The molecular weight excluding hydrogens is 719 g/mol. The molecule has 0 amide bonds. The number of nitrogens with zero attached hydrogens (tertiary/aromatic N) is 3. The second kappa shape index (κ2) is 13.3. The molecule has 59 heavy (non-hydrogen) atoms. The number of rotatable bonds is 5. The van der Waals surface area contributed by atoms with E-state index < -0.39 is 0 Å². The summed E-state index contributed by atoms with van der Waals surface area (Å²) in [7, 11) is 0. The highest BCUT2D eigenvalue weighted by atomic mass is 16.3. The zero-order chi connectivity index (χ0) is 38.9. The highest BCUT2D eigenvalue weighted by Gasteiger charge is 2.22. The number of hydrogen-bond donors (Lipinski definition) is 0. The monoisotopic (exact) mass is 751 g/mol. The Hall–Kier alpha value is -7.95. The highest BCUT2D eigenvalue weighted by molar-refractivity contribution is 6.27. The van der Waals surface area contributed by atoms with Gasteiger partial charge in [-0.25, -0.2) is 15.0 Å². The lowest BCUT2D eigenvalue weighted by Gasteiger charge is -2.14. The Morgan fingerprint density at radius 2 is 0.847 bits per heavy atom. The number of para-hydroxylation sites is 2. The smallest absolute Gasteiger partial charge is 0.160 e. The van der Waals surface area contributed by atoms with Crippen molar-refractivity contribution >= 4 is 65.2 Å². The van der Waals surface area contributed by atoms with Crippen molar-refractivity contribution in [2.75, 3.05) is 0 Å². The number of hydrogen-bond acceptors (Lipinski definition) is 4. The van der Waals surface area contributed by atoms with Crippen LogP contribution in [-0.4, -0.2) is 15.0 Å². The molecular formula is C55H33N3O. The van der Waals surface area contributed by atoms with Crippen LogP contribution >= 0.6 is 0 Å². The Bertz CT molecular complexity index is 3560. The van der Waals surface area contributed by atoms with Crippen molar-refractivity contribution in [1.29, 1.82) is 0 Å². The molecule has 0 atom stereocenters. The molecule has 0 bridgehead atoms. The second-order valence-corrected chi connectivity index (χ2v) is 15.1. The van der Waals surface area contributed by atoms with Crippen LogP contribution in [0.3, 0.4) is 0 Å². The molecule has 0 fully saturated rings. The molecule has 4 heteroatoms. The van der Waals surface area contributed by atoms with E-state index in [1.807, 2.05) is 36.4 Å². The number of aromatic nitrogens is 3. The molecule has 0 radical (unpaired) electrons. The van der Waals surface area contributed by atoms with Gasteiger partial charge in [0.05, 0.1) is 28.0 Å². The minimum atomic E-state index is 0.654. The Kier molecular flexibility index (Phi) is 7.50. The fraction of sp³-hybridized carbons (Fsp3) is 0. The van der Waals surface area contributed by atoms with Gasteiger partial charge in [-0.05, 0) is 67.7 Å². The molecule has 0 unspecified atom stereocenters. The summed E-state index contributed by atoms with van der Waals surface area (Å²) in [5.41, 5.74) is 11.2.